The molecule has 7 nitrogen and oxygen atoms in total. The van der Waals surface area contributed by atoms with E-state index in [9.17, 15) is 9.90 Å². The lowest BCUT2D eigenvalue weighted by atomic mass is 9.96. The molecule has 1 aliphatic rings. The maximum atomic E-state index is 16.0. The van der Waals surface area contributed by atoms with E-state index in [2.05, 4.69) is 9.97 Å². The molecule has 1 aliphatic heterocycles. The number of piperazine rings is 1. The lowest BCUT2D eigenvalue weighted by molar-refractivity contribution is -0.126. The molecule has 37 heavy (non-hydrogen) atoms. The molecule has 1 aromatic heterocycles. The third kappa shape index (κ3) is 5.21. The highest BCUT2D eigenvalue weighted by molar-refractivity contribution is 6.35. The van der Waals surface area contributed by atoms with Gasteiger partial charge in [0.1, 0.15) is 23.4 Å². The fourth-order valence-electron chi connectivity index (χ4n) is 4.53. The van der Waals surface area contributed by atoms with E-state index in [4.69, 9.17) is 17.3 Å². The average Bonchev–Trinajstić information content (AvgIpc) is 2.92. The van der Waals surface area contributed by atoms with Gasteiger partial charge in [-0.15, -0.1) is 0 Å². The monoisotopic (exact) mass is 521 g/mol. The molecule has 0 spiro atoms. The quantitative estimate of drug-likeness (QED) is 0.361. The summed E-state index contributed by atoms with van der Waals surface area (Å²) >= 11 is 6.65. The predicted molar refractivity (Wildman–Crippen MR) is 147 cm³/mol. The Hall–Kier alpha value is -3.75. The molecule has 1 saturated heterocycles. The molecule has 3 N–H and O–H groups in total. The molecule has 4 aromatic rings. The molecule has 2 heterocycles. The van der Waals surface area contributed by atoms with Crippen molar-refractivity contribution in [1.29, 1.82) is 0 Å². The summed E-state index contributed by atoms with van der Waals surface area (Å²) in [5.74, 6) is -0.0774. The van der Waals surface area contributed by atoms with Gasteiger partial charge in [0.15, 0.2) is 5.82 Å². The van der Waals surface area contributed by atoms with Crippen molar-refractivity contribution < 1.29 is 14.3 Å². The number of phenols is 1. The van der Waals surface area contributed by atoms with Gasteiger partial charge in [0.2, 0.25) is 5.91 Å². The predicted octanol–water partition coefficient (Wildman–Crippen LogP) is 5.14. The topological polar surface area (TPSA) is 95.6 Å². The normalized spacial score (nSPS) is 13.8. The van der Waals surface area contributed by atoms with Crippen LogP contribution >= 0.6 is 11.6 Å². The number of amides is 1. The Kier molecular flexibility index (Phi) is 8.21. The van der Waals surface area contributed by atoms with Gasteiger partial charge in [0.05, 0.1) is 5.02 Å². The van der Waals surface area contributed by atoms with Crippen molar-refractivity contribution in [2.45, 2.75) is 13.8 Å². The minimum absolute atomic E-state index is 0.0198. The smallest absolute Gasteiger partial charge is 0.246 e. The number of nitrogens with zero attached hydrogens (tertiary/aromatic N) is 4. The van der Waals surface area contributed by atoms with Crippen LogP contribution in [-0.2, 0) is 4.79 Å². The van der Waals surface area contributed by atoms with Crippen LogP contribution in [0.25, 0.3) is 32.8 Å². The SMILES string of the molecule is CC.NC/C=C/C(=O)N1CCN(c2ncnc3c(F)c(-c4cc(O)cc5ccccc45)c(Cl)cc23)CC1. The number of hydrogen-bond acceptors (Lipinski definition) is 6. The Labute approximate surface area is 220 Å². The van der Waals surface area contributed by atoms with Gasteiger partial charge in [0.25, 0.3) is 0 Å². The molecule has 0 atom stereocenters. The highest BCUT2D eigenvalue weighted by atomic mass is 35.5. The number of halogens is 2. The van der Waals surface area contributed by atoms with Crippen LogP contribution in [0.4, 0.5) is 10.2 Å². The minimum atomic E-state index is -0.576. The maximum absolute atomic E-state index is 16.0. The van der Waals surface area contributed by atoms with Gasteiger partial charge in [-0.2, -0.15) is 0 Å². The van der Waals surface area contributed by atoms with Crippen LogP contribution in [0.15, 0.2) is 60.9 Å². The first-order valence-electron chi connectivity index (χ1n) is 12.2. The summed E-state index contributed by atoms with van der Waals surface area (Å²) in [6, 6.07) is 12.2. The molecule has 0 radical (unpaired) electrons. The molecular formula is C28H29ClFN5O2. The molecule has 192 valence electrons. The second-order valence-corrected chi connectivity index (χ2v) is 8.71. The van der Waals surface area contributed by atoms with Crippen LogP contribution in [0.2, 0.25) is 5.02 Å². The minimum Gasteiger partial charge on any atom is -0.508 e. The number of aromatic nitrogens is 2. The van der Waals surface area contributed by atoms with Crippen molar-refractivity contribution >= 4 is 45.0 Å². The largest absolute Gasteiger partial charge is 0.508 e. The van der Waals surface area contributed by atoms with E-state index in [1.807, 2.05) is 43.0 Å². The molecule has 1 fully saturated rings. The van der Waals surface area contributed by atoms with Gasteiger partial charge < -0.3 is 20.6 Å². The van der Waals surface area contributed by atoms with Crippen LogP contribution in [0, 0.1) is 5.82 Å². The number of carbonyl (C=O) groups excluding carboxylic acids is 1. The number of fused-ring (bicyclic) bond motifs is 2. The highest BCUT2D eigenvalue weighted by Gasteiger charge is 2.25. The van der Waals surface area contributed by atoms with E-state index in [0.29, 0.717) is 49.5 Å². The highest BCUT2D eigenvalue weighted by Crippen LogP contribution is 2.41. The molecule has 1 amide bonds. The van der Waals surface area contributed by atoms with Crippen molar-refractivity contribution in [3.8, 4) is 16.9 Å². The molecule has 9 heteroatoms. The van der Waals surface area contributed by atoms with Crippen LogP contribution in [0.1, 0.15) is 13.8 Å². The second-order valence-electron chi connectivity index (χ2n) is 8.31. The first kappa shape index (κ1) is 26.3. The van der Waals surface area contributed by atoms with E-state index < -0.39 is 5.82 Å². The van der Waals surface area contributed by atoms with Gasteiger partial charge in [-0.1, -0.05) is 55.8 Å². The second kappa shape index (κ2) is 11.5. The molecule has 5 rings (SSSR count). The first-order valence-corrected chi connectivity index (χ1v) is 12.6. The number of carbonyl (C=O) groups is 1. The number of anilines is 1. The lowest BCUT2D eigenvalue weighted by Gasteiger charge is -2.35. The van der Waals surface area contributed by atoms with Crippen LogP contribution in [0.3, 0.4) is 0 Å². The van der Waals surface area contributed by atoms with Crippen molar-refractivity contribution in [3.63, 3.8) is 0 Å². The zero-order chi connectivity index (χ0) is 26.5. The summed E-state index contributed by atoms with van der Waals surface area (Å²) in [6.45, 7) is 6.38. The fourth-order valence-corrected chi connectivity index (χ4v) is 4.82. The summed E-state index contributed by atoms with van der Waals surface area (Å²) in [7, 11) is 0. The van der Waals surface area contributed by atoms with Gasteiger partial charge in [-0.3, -0.25) is 4.79 Å². The van der Waals surface area contributed by atoms with Crippen molar-refractivity contribution in [1.82, 2.24) is 14.9 Å². The Morgan fingerprint density at radius 1 is 1.11 bits per heavy atom. The van der Waals surface area contributed by atoms with Gasteiger partial charge >= 0.3 is 0 Å². The molecule has 0 bridgehead atoms. The summed E-state index contributed by atoms with van der Waals surface area (Å²) < 4.78 is 16.0. The van der Waals surface area contributed by atoms with Gasteiger partial charge in [-0.05, 0) is 34.5 Å². The Morgan fingerprint density at radius 3 is 2.57 bits per heavy atom. The lowest BCUT2D eigenvalue weighted by Crippen LogP contribution is -2.48. The molecule has 0 saturated carbocycles. The van der Waals surface area contributed by atoms with Crippen molar-refractivity contribution in [2.24, 2.45) is 5.73 Å². The average molecular weight is 522 g/mol. The third-order valence-corrected chi connectivity index (χ3v) is 6.50. The summed E-state index contributed by atoms with van der Waals surface area (Å²) in [5.41, 5.74) is 6.24. The number of rotatable bonds is 4. The standard InChI is InChI=1S/C26H23ClFN5O2.C2H6/c27-21-14-20-25(24(28)23(21)19-13-17(34)12-16-4-1-2-5-18(16)19)30-15-31-26(20)33-10-8-32(9-11-33)22(35)6-3-7-29;1-2/h1-6,12-15,34H,7-11,29H2;1-2H3/b6-3+;. The van der Waals surface area contributed by atoms with Crippen LogP contribution in [0.5, 0.6) is 5.75 Å². The van der Waals surface area contributed by atoms with E-state index in [1.54, 1.807) is 23.1 Å². The number of hydrogen-bond donors (Lipinski definition) is 2. The van der Waals surface area contributed by atoms with Crippen LogP contribution < -0.4 is 10.6 Å². The van der Waals surface area contributed by atoms with Crippen LogP contribution in [-0.4, -0.2) is 58.6 Å². The Balaban J connectivity index is 0.00000156. The van der Waals surface area contributed by atoms with Crippen molar-refractivity contribution in [3.05, 3.63) is 71.8 Å². The van der Waals surface area contributed by atoms with Gasteiger partial charge in [0, 0.05) is 49.7 Å². The van der Waals surface area contributed by atoms with E-state index >= 15 is 4.39 Å². The number of nitrogens with two attached hydrogens (primary N) is 1. The zero-order valence-electron chi connectivity index (χ0n) is 20.8. The van der Waals surface area contributed by atoms with E-state index in [1.165, 1.54) is 18.5 Å². The first-order chi connectivity index (χ1) is 18.0. The number of aromatic hydroxyl groups is 1. The maximum Gasteiger partial charge on any atom is 0.246 e. The fraction of sp³-hybridized carbons (Fsp3) is 0.250. The van der Waals surface area contributed by atoms with Gasteiger partial charge in [-0.25, -0.2) is 14.4 Å². The Bertz CT molecular complexity index is 1470. The van der Waals surface area contributed by atoms with E-state index in [0.717, 1.165) is 10.8 Å². The zero-order valence-corrected chi connectivity index (χ0v) is 21.5. The Morgan fingerprint density at radius 2 is 1.84 bits per heavy atom. The molecule has 3 aromatic carbocycles. The summed E-state index contributed by atoms with van der Waals surface area (Å²) in [6.07, 6.45) is 4.45. The summed E-state index contributed by atoms with van der Waals surface area (Å²) in [4.78, 5) is 24.6. The van der Waals surface area contributed by atoms with Crippen molar-refractivity contribution in [2.75, 3.05) is 37.6 Å². The molecule has 0 unspecified atom stereocenters. The number of phenolic OH excluding ortho intramolecular Hbond substituents is 1. The summed E-state index contributed by atoms with van der Waals surface area (Å²) in [5, 5.41) is 12.5. The number of benzene rings is 3. The molecular weight excluding hydrogens is 493 g/mol. The van der Waals surface area contributed by atoms with E-state index in [-0.39, 0.29) is 27.8 Å². The third-order valence-electron chi connectivity index (χ3n) is 6.20. The molecule has 0 aliphatic carbocycles.